The van der Waals surface area contributed by atoms with Gasteiger partial charge in [0.1, 0.15) is 5.57 Å². The minimum atomic E-state index is 0.926. The second-order valence-electron chi connectivity index (χ2n) is 36.6. The molecule has 3 rings (SSSR count). The van der Waals surface area contributed by atoms with Crippen molar-refractivity contribution in [2.75, 3.05) is 0 Å². The summed E-state index contributed by atoms with van der Waals surface area (Å²) in [6.45, 7) is 18.5. The third kappa shape index (κ3) is 63.5. The van der Waals surface area contributed by atoms with E-state index in [1.165, 1.54) is 526 Å². The van der Waals surface area contributed by atoms with Crippen LogP contribution in [0.25, 0.3) is 16.9 Å². The molecule has 0 aromatic heterocycles. The quantitative estimate of drug-likeness (QED) is 0.0273. The molecule has 2 aromatic rings. The second-order valence-corrected chi connectivity index (χ2v) is 38.1. The van der Waals surface area contributed by atoms with Crippen LogP contribution >= 0.6 is 0 Å². The van der Waals surface area contributed by atoms with Gasteiger partial charge in [-0.15, -0.1) is 0 Å². The Bertz CT molecular complexity index is 2480. The molecule has 0 radical (unpaired) electrons. The van der Waals surface area contributed by atoms with E-state index in [4.69, 9.17) is 0 Å². The van der Waals surface area contributed by atoms with Gasteiger partial charge in [0, 0.05) is 23.1 Å². The van der Waals surface area contributed by atoms with Gasteiger partial charge in [0.25, 0.3) is 0 Å². The number of hydrogen-bond acceptors (Lipinski definition) is 0. The van der Waals surface area contributed by atoms with Crippen LogP contribution in [0, 0.1) is 11.8 Å². The van der Waals surface area contributed by atoms with Crippen molar-refractivity contribution < 1.29 is 19.1 Å². The topological polar surface area (TPSA) is 25.3 Å². The predicted molar refractivity (Wildman–Crippen MR) is 513 cm³/mol. The van der Waals surface area contributed by atoms with Crippen LogP contribution in [0.5, 0.6) is 0 Å². The summed E-state index contributed by atoms with van der Waals surface area (Å²) in [5.41, 5.74) is 25.5. The number of nitrogens with zero attached hydrogens (tertiary/aromatic N) is 2. The Morgan fingerprint density at radius 3 is 0.675 bits per heavy atom. The molecule has 0 atom stereocenters. The predicted octanol–water partition coefficient (Wildman–Crippen LogP) is 39.9. The molecule has 0 bridgehead atoms. The van der Waals surface area contributed by atoms with Crippen LogP contribution < -0.4 is 0 Å². The van der Waals surface area contributed by atoms with Crippen molar-refractivity contribution >= 4 is 11.4 Å². The molecule has 0 aliphatic carbocycles. The van der Waals surface area contributed by atoms with Gasteiger partial charge in [0.05, 0.1) is 0 Å². The molecule has 0 saturated carbocycles. The molecular weight excluding hydrogens is 1420 g/mol. The van der Waals surface area contributed by atoms with Crippen LogP contribution in [0.2, 0.25) is 10.8 Å². The Hall–Kier alpha value is -2.43. The van der Waals surface area contributed by atoms with Crippen molar-refractivity contribution in [2.45, 2.75) is 599 Å². The first kappa shape index (κ1) is 108. The van der Waals surface area contributed by atoms with Gasteiger partial charge in [-0.2, -0.15) is 0 Å². The summed E-state index contributed by atoms with van der Waals surface area (Å²) >= 11 is 2.05. The third-order valence-electron chi connectivity index (χ3n) is 25.2. The molecule has 0 spiro atoms. The average molecular weight is 1620 g/mol. The average Bonchev–Trinajstić information content (AvgIpc) is 1.60. The molecule has 1 aliphatic heterocycles. The van der Waals surface area contributed by atoms with Crippen molar-refractivity contribution in [3.8, 4) is 11.8 Å². The van der Waals surface area contributed by atoms with E-state index in [-0.39, 0.29) is 0 Å². The number of benzene rings is 2. The van der Waals surface area contributed by atoms with Crippen LogP contribution in [0.15, 0.2) is 47.5 Å². The molecule has 114 heavy (non-hydrogen) atoms. The van der Waals surface area contributed by atoms with E-state index in [0.717, 1.165) is 73.9 Å². The van der Waals surface area contributed by atoms with E-state index in [2.05, 4.69) is 104 Å². The molecule has 3 heteroatoms. The minimum absolute atomic E-state index is 0.926. The van der Waals surface area contributed by atoms with Crippen LogP contribution in [-0.4, -0.2) is 4.70 Å². The molecule has 0 amide bonds. The summed E-state index contributed by atoms with van der Waals surface area (Å²) in [6.07, 6.45) is 114. The summed E-state index contributed by atoms with van der Waals surface area (Å²) in [5.74, 6) is 7.66. The zero-order valence-corrected chi connectivity index (χ0v) is 79.8. The fourth-order valence-electron chi connectivity index (χ4n) is 17.6. The van der Waals surface area contributed by atoms with Crippen LogP contribution in [0.3, 0.4) is 0 Å². The maximum absolute atomic E-state index is 13.0. The standard InChI is InChI=1S/C69H114N2.2C21H43.Ni/c1-7-13-19-23-27-29-31-32-33-34-35-37-39-43-47-53-67-66(52-46-42-38-36-30-28-24-20-14-8-2)68(64-56-60(48-17-11-5)54-62(58-64)50-44-40-25-21-15-9-3)71(70)69(67)65-57-61(49-18-12-6)55-63(59-65)51-45-41-26-22-16-10-4;2*1-3-5-7-9-11-13-15-17-19-21-20-18-16-14-12-10-8-6-4-2;/h54-59H,7-46,48-52H2,1-6H3;2*1,3-21H2,2H3;. The van der Waals surface area contributed by atoms with Gasteiger partial charge in [0.2, 0.25) is 11.4 Å². The van der Waals surface area contributed by atoms with Crippen molar-refractivity contribution in [1.82, 2.24) is 0 Å². The fourth-order valence-corrected chi connectivity index (χ4v) is 18.9. The van der Waals surface area contributed by atoms with Gasteiger partial charge < -0.3 is 5.53 Å². The summed E-state index contributed by atoms with van der Waals surface area (Å²) in [5, 5.41) is 2.87. The molecular formula is C111H200N2Ni. The minimum Gasteiger partial charge on any atom is -0.0654 e. The SMILES string of the molecule is CCCCCCCCCCCCCCCC#CC1=C(c2cc(CCCC)cc(CCCCCCCC)c2)[N+](=[N-])C(c2cc(CCCC)cc(CCCCCCCC)c2)=C1CCCCCCCCCCCC.CCCCCCCCCCCCCCCCCCCC[CH2][Ni][CH2]CCCCCCCCCCCCCCCCCCCC. The maximum atomic E-state index is 13.0. The molecule has 0 fully saturated rings. The molecule has 0 saturated heterocycles. The Morgan fingerprint density at radius 2 is 0.421 bits per heavy atom. The number of aryl methyl sites for hydroxylation is 4. The zero-order chi connectivity index (χ0) is 81.8. The Morgan fingerprint density at radius 1 is 0.219 bits per heavy atom. The van der Waals surface area contributed by atoms with Gasteiger partial charge in [-0.3, -0.25) is 0 Å². The van der Waals surface area contributed by atoms with Crippen LogP contribution in [0.4, 0.5) is 0 Å². The van der Waals surface area contributed by atoms with Gasteiger partial charge in [-0.05, 0) is 117 Å². The number of rotatable bonds is 86. The Kier molecular flexibility index (Phi) is 80.8. The smallest absolute Gasteiger partial charge is 0.0654 e. The molecule has 2 nitrogen and oxygen atoms in total. The number of hydrogen-bond donors (Lipinski definition) is 0. The molecule has 1 heterocycles. The monoisotopic (exact) mass is 1620 g/mol. The van der Waals surface area contributed by atoms with E-state index in [1.54, 1.807) is 4.70 Å². The van der Waals surface area contributed by atoms with Crippen LogP contribution in [0.1, 0.15) is 596 Å². The first-order chi connectivity index (χ1) is 56.4. The molecule has 0 N–H and O–H groups in total. The van der Waals surface area contributed by atoms with E-state index in [1.807, 2.05) is 14.4 Å². The summed E-state index contributed by atoms with van der Waals surface area (Å²) in [4.78, 5) is 0. The van der Waals surface area contributed by atoms with Gasteiger partial charge in [0.15, 0.2) is 0 Å². The van der Waals surface area contributed by atoms with Crippen molar-refractivity contribution in [3.05, 3.63) is 86.5 Å². The molecule has 1 aliphatic rings. The van der Waals surface area contributed by atoms with E-state index >= 15 is 0 Å². The summed E-state index contributed by atoms with van der Waals surface area (Å²) in [6, 6.07) is 14.8. The first-order valence-corrected chi connectivity index (χ1v) is 54.0. The first-order valence-electron chi connectivity index (χ1n) is 52.6. The second kappa shape index (κ2) is 85.5. The van der Waals surface area contributed by atoms with Crippen molar-refractivity contribution in [1.29, 1.82) is 0 Å². The van der Waals surface area contributed by atoms with E-state index in [0.29, 0.717) is 0 Å². The number of unbranched alkanes of at least 4 members (excludes halogenated alkanes) is 70. The number of allylic oxidation sites excluding steroid dienone is 2. The zero-order valence-electron chi connectivity index (χ0n) is 78.8. The van der Waals surface area contributed by atoms with E-state index in [9.17, 15) is 5.53 Å². The molecule has 0 unspecified atom stereocenters. The van der Waals surface area contributed by atoms with Gasteiger partial charge >= 0.3 is 166 Å². The van der Waals surface area contributed by atoms with Crippen molar-refractivity contribution in [2.24, 2.45) is 0 Å². The van der Waals surface area contributed by atoms with Gasteiger partial charge in [-0.25, -0.2) is 4.70 Å². The van der Waals surface area contributed by atoms with Gasteiger partial charge in [-0.1, -0.05) is 394 Å². The third-order valence-corrected chi connectivity index (χ3v) is 26.6. The fraction of sp³-hybridized carbons (Fsp3) is 0.838. The van der Waals surface area contributed by atoms with E-state index < -0.39 is 0 Å². The summed E-state index contributed by atoms with van der Waals surface area (Å²) < 4.78 is 1.65. The van der Waals surface area contributed by atoms with Crippen LogP contribution in [-0.2, 0) is 40.1 Å². The molecule has 664 valence electrons. The Balaban J connectivity index is 0.000000878. The molecule has 2 aromatic carbocycles. The Labute approximate surface area is 723 Å². The van der Waals surface area contributed by atoms with Crippen molar-refractivity contribution in [3.63, 3.8) is 0 Å². The normalized spacial score (nSPS) is 12.3. The summed E-state index contributed by atoms with van der Waals surface area (Å²) in [7, 11) is 0.